The Morgan fingerprint density at radius 2 is 1.95 bits per heavy atom. The van der Waals surface area contributed by atoms with Gasteiger partial charge in [-0.15, -0.1) is 24.8 Å². The van der Waals surface area contributed by atoms with Crippen LogP contribution >= 0.6 is 24.8 Å². The molecule has 1 aromatic rings. The highest BCUT2D eigenvalue weighted by molar-refractivity contribution is 5.89. The third kappa shape index (κ3) is 6.22. The lowest BCUT2D eigenvalue weighted by Crippen LogP contribution is -2.37. The van der Waals surface area contributed by atoms with Crippen LogP contribution in [0.25, 0.3) is 0 Å². The van der Waals surface area contributed by atoms with Gasteiger partial charge in [-0.3, -0.25) is 0 Å². The Morgan fingerprint density at radius 3 is 2.57 bits per heavy atom. The summed E-state index contributed by atoms with van der Waals surface area (Å²) in [6, 6.07) is 8.48. The fourth-order valence-electron chi connectivity index (χ4n) is 2.51. The van der Waals surface area contributed by atoms with Gasteiger partial charge < -0.3 is 15.8 Å². The first kappa shape index (κ1) is 20.2. The van der Waals surface area contributed by atoms with Gasteiger partial charge in [-0.2, -0.15) is 0 Å². The molecule has 1 fully saturated rings. The van der Waals surface area contributed by atoms with E-state index in [4.69, 9.17) is 10.5 Å². The molecule has 2 rings (SSSR count). The van der Waals surface area contributed by atoms with Crippen molar-refractivity contribution in [3.05, 3.63) is 35.4 Å². The Bertz CT molecular complexity index is 435. The van der Waals surface area contributed by atoms with Gasteiger partial charge in [0, 0.05) is 18.6 Å². The number of hydrogen-bond donors (Lipinski definition) is 2. The van der Waals surface area contributed by atoms with Gasteiger partial charge in [-0.25, -0.2) is 4.79 Å². The van der Waals surface area contributed by atoms with E-state index in [1.807, 2.05) is 18.2 Å². The summed E-state index contributed by atoms with van der Waals surface area (Å²) in [5, 5.41) is 3.53. The van der Waals surface area contributed by atoms with Crippen LogP contribution in [0.3, 0.4) is 0 Å². The minimum Gasteiger partial charge on any atom is -0.465 e. The molecular weight excluding hydrogens is 311 g/mol. The molecular formula is C15H24Cl2N2O2. The van der Waals surface area contributed by atoms with Crippen molar-refractivity contribution in [3.63, 3.8) is 0 Å². The molecule has 0 saturated heterocycles. The first-order chi connectivity index (χ1) is 9.19. The molecule has 4 nitrogen and oxygen atoms in total. The summed E-state index contributed by atoms with van der Waals surface area (Å²) in [4.78, 5) is 11.5. The van der Waals surface area contributed by atoms with Crippen LogP contribution < -0.4 is 11.1 Å². The SMILES string of the molecule is COC(=O)c1cccc(CNC2CCC(N)CC2)c1.Cl.Cl. The van der Waals surface area contributed by atoms with Gasteiger partial charge in [-0.1, -0.05) is 12.1 Å². The Labute approximate surface area is 138 Å². The van der Waals surface area contributed by atoms with Crippen LogP contribution in [0.4, 0.5) is 0 Å². The molecule has 6 heteroatoms. The summed E-state index contributed by atoms with van der Waals surface area (Å²) >= 11 is 0. The number of nitrogens with one attached hydrogen (secondary N) is 1. The molecule has 0 bridgehead atoms. The van der Waals surface area contributed by atoms with E-state index in [1.165, 1.54) is 7.11 Å². The number of nitrogens with two attached hydrogens (primary N) is 1. The van der Waals surface area contributed by atoms with Crippen LogP contribution in [0.1, 0.15) is 41.6 Å². The van der Waals surface area contributed by atoms with Gasteiger partial charge in [0.2, 0.25) is 0 Å². The standard InChI is InChI=1S/C15H22N2O2.2ClH/c1-19-15(18)12-4-2-3-11(9-12)10-17-14-7-5-13(16)6-8-14;;/h2-4,9,13-14,17H,5-8,10,16H2,1H3;2*1H. The van der Waals surface area contributed by atoms with Crippen molar-refractivity contribution in [2.75, 3.05) is 7.11 Å². The third-order valence-electron chi connectivity index (χ3n) is 3.71. The molecule has 1 aliphatic carbocycles. The number of ether oxygens (including phenoxy) is 1. The van der Waals surface area contributed by atoms with E-state index in [1.54, 1.807) is 6.07 Å². The van der Waals surface area contributed by atoms with Crippen molar-refractivity contribution < 1.29 is 9.53 Å². The quantitative estimate of drug-likeness (QED) is 0.831. The average Bonchev–Trinajstić information content (AvgIpc) is 2.46. The van der Waals surface area contributed by atoms with Gasteiger partial charge >= 0.3 is 5.97 Å². The molecule has 1 aliphatic rings. The molecule has 0 unspecified atom stereocenters. The Morgan fingerprint density at radius 1 is 1.29 bits per heavy atom. The highest BCUT2D eigenvalue weighted by Gasteiger charge is 2.17. The number of methoxy groups -OCH3 is 1. The number of halogens is 2. The third-order valence-corrected chi connectivity index (χ3v) is 3.71. The van der Waals surface area contributed by atoms with Gasteiger partial charge in [-0.05, 0) is 43.4 Å². The molecule has 120 valence electrons. The minimum atomic E-state index is -0.287. The fraction of sp³-hybridized carbons (Fsp3) is 0.533. The lowest BCUT2D eigenvalue weighted by molar-refractivity contribution is 0.0600. The van der Waals surface area contributed by atoms with Gasteiger partial charge in [0.15, 0.2) is 0 Å². The van der Waals surface area contributed by atoms with E-state index in [2.05, 4.69) is 5.32 Å². The van der Waals surface area contributed by atoms with Crippen molar-refractivity contribution in [1.82, 2.24) is 5.32 Å². The molecule has 3 N–H and O–H groups in total. The van der Waals surface area contributed by atoms with Gasteiger partial charge in [0.1, 0.15) is 0 Å². The predicted octanol–water partition coefficient (Wildman–Crippen LogP) is 2.68. The average molecular weight is 335 g/mol. The van der Waals surface area contributed by atoms with Crippen LogP contribution in [0.2, 0.25) is 0 Å². The first-order valence-corrected chi connectivity index (χ1v) is 6.85. The fourth-order valence-corrected chi connectivity index (χ4v) is 2.51. The van der Waals surface area contributed by atoms with Crippen molar-refractivity contribution in [1.29, 1.82) is 0 Å². The lowest BCUT2D eigenvalue weighted by Gasteiger charge is -2.27. The normalized spacial score (nSPS) is 20.9. The van der Waals surface area contributed by atoms with Crippen LogP contribution in [-0.2, 0) is 11.3 Å². The topological polar surface area (TPSA) is 64.3 Å². The number of carbonyl (C=O) groups is 1. The second-order valence-corrected chi connectivity index (χ2v) is 5.18. The van der Waals surface area contributed by atoms with Gasteiger partial charge in [0.05, 0.1) is 12.7 Å². The van der Waals surface area contributed by atoms with Crippen LogP contribution in [0.15, 0.2) is 24.3 Å². The van der Waals surface area contributed by atoms with E-state index in [0.29, 0.717) is 17.6 Å². The van der Waals surface area contributed by atoms with Gasteiger partial charge in [0.25, 0.3) is 0 Å². The molecule has 0 aromatic heterocycles. The maximum absolute atomic E-state index is 11.5. The second-order valence-electron chi connectivity index (χ2n) is 5.18. The van der Waals surface area contributed by atoms with Crippen molar-refractivity contribution >= 4 is 30.8 Å². The Hall–Kier alpha value is -0.810. The molecule has 0 aliphatic heterocycles. The molecule has 0 heterocycles. The molecule has 0 spiro atoms. The Balaban J connectivity index is 0.00000200. The Kier molecular flexibility index (Phi) is 9.62. The second kappa shape index (κ2) is 10.0. The van der Waals surface area contributed by atoms with Crippen molar-refractivity contribution in [2.24, 2.45) is 5.73 Å². The summed E-state index contributed by atoms with van der Waals surface area (Å²) in [5.41, 5.74) is 7.61. The maximum atomic E-state index is 11.5. The first-order valence-electron chi connectivity index (χ1n) is 6.85. The predicted molar refractivity (Wildman–Crippen MR) is 89.3 cm³/mol. The van der Waals surface area contributed by atoms with E-state index >= 15 is 0 Å². The van der Waals surface area contributed by atoms with Crippen LogP contribution in [0.5, 0.6) is 0 Å². The number of rotatable bonds is 4. The summed E-state index contributed by atoms with van der Waals surface area (Å²) in [5.74, 6) is -0.287. The van der Waals surface area contributed by atoms with Crippen LogP contribution in [0, 0.1) is 0 Å². The highest BCUT2D eigenvalue weighted by Crippen LogP contribution is 2.17. The zero-order chi connectivity index (χ0) is 13.7. The number of carbonyl (C=O) groups excluding carboxylic acids is 1. The maximum Gasteiger partial charge on any atom is 0.337 e. The zero-order valence-corrected chi connectivity index (χ0v) is 13.8. The van der Waals surface area contributed by atoms with E-state index < -0.39 is 0 Å². The smallest absolute Gasteiger partial charge is 0.337 e. The van der Waals surface area contributed by atoms with Crippen molar-refractivity contribution in [3.8, 4) is 0 Å². The molecule has 21 heavy (non-hydrogen) atoms. The molecule has 0 atom stereocenters. The van der Waals surface area contributed by atoms with Crippen molar-refractivity contribution in [2.45, 2.75) is 44.3 Å². The summed E-state index contributed by atoms with van der Waals surface area (Å²) < 4.78 is 4.72. The number of hydrogen-bond acceptors (Lipinski definition) is 4. The summed E-state index contributed by atoms with van der Waals surface area (Å²) in [7, 11) is 1.40. The molecule has 0 amide bonds. The largest absolute Gasteiger partial charge is 0.465 e. The number of benzene rings is 1. The van der Waals surface area contributed by atoms with Crippen LogP contribution in [-0.4, -0.2) is 25.2 Å². The molecule has 0 radical (unpaired) electrons. The monoisotopic (exact) mass is 334 g/mol. The molecule has 1 aromatic carbocycles. The zero-order valence-electron chi connectivity index (χ0n) is 12.2. The summed E-state index contributed by atoms with van der Waals surface area (Å²) in [6.07, 6.45) is 4.47. The summed E-state index contributed by atoms with van der Waals surface area (Å²) in [6.45, 7) is 0.782. The molecule has 1 saturated carbocycles. The highest BCUT2D eigenvalue weighted by atomic mass is 35.5. The van der Waals surface area contributed by atoms with E-state index in [0.717, 1.165) is 37.8 Å². The minimum absolute atomic E-state index is 0. The van der Waals surface area contributed by atoms with E-state index in [9.17, 15) is 4.79 Å². The van der Waals surface area contributed by atoms with E-state index in [-0.39, 0.29) is 30.8 Å². The number of esters is 1. The lowest BCUT2D eigenvalue weighted by atomic mass is 9.92.